The molecule has 0 atom stereocenters. The van der Waals surface area contributed by atoms with Gasteiger partial charge in [0.1, 0.15) is 11.2 Å². The first-order chi connectivity index (χ1) is 24.3. The summed E-state index contributed by atoms with van der Waals surface area (Å²) >= 11 is 0. The third-order valence-electron chi connectivity index (χ3n) is 9.76. The fraction of sp³-hybridized carbons (Fsp3) is 0. The second kappa shape index (κ2) is 11.0. The highest BCUT2D eigenvalue weighted by Gasteiger charge is 2.23. The monoisotopic (exact) mass is 626 g/mol. The van der Waals surface area contributed by atoms with Crippen molar-refractivity contribution in [1.29, 1.82) is 0 Å². The quantitative estimate of drug-likeness (QED) is 0.190. The SMILES string of the molecule is c1ccc(-c2ccccc2N(c2ccc3c4ccccc4n(-c4ccccc4)c3c2)c2cc3c4ccccc4oc3c3ccccc23)cc1. The van der Waals surface area contributed by atoms with Crippen LogP contribution in [-0.2, 0) is 0 Å². The summed E-state index contributed by atoms with van der Waals surface area (Å²) in [6, 6.07) is 65.0. The van der Waals surface area contributed by atoms with Crippen molar-refractivity contribution < 1.29 is 4.42 Å². The van der Waals surface area contributed by atoms with Crippen molar-refractivity contribution in [3.63, 3.8) is 0 Å². The minimum Gasteiger partial charge on any atom is -0.455 e. The maximum absolute atomic E-state index is 6.54. The molecule has 0 fully saturated rings. The summed E-state index contributed by atoms with van der Waals surface area (Å²) in [5.74, 6) is 0. The number of nitrogens with zero attached hydrogens (tertiary/aromatic N) is 2. The summed E-state index contributed by atoms with van der Waals surface area (Å²) in [6.07, 6.45) is 0. The minimum atomic E-state index is 0.893. The van der Waals surface area contributed by atoms with Gasteiger partial charge in [-0.3, -0.25) is 0 Å². The Morgan fingerprint density at radius 3 is 1.88 bits per heavy atom. The molecule has 0 aliphatic rings. The van der Waals surface area contributed by atoms with Gasteiger partial charge in [0.25, 0.3) is 0 Å². The molecule has 0 saturated carbocycles. The second-order valence-electron chi connectivity index (χ2n) is 12.5. The standard InChI is InChI=1S/C46H30N2O/c1-3-15-31(16-4-1)34-19-9-12-24-41(34)48(44-30-40-38-22-11-14-26-45(38)49-46(40)39-23-8-7-21-36(39)44)33-27-28-37-35-20-10-13-25-42(35)47(43(37)29-33)32-17-5-2-6-18-32/h1-30H. The second-order valence-corrected chi connectivity index (χ2v) is 12.5. The zero-order valence-corrected chi connectivity index (χ0v) is 26.6. The van der Waals surface area contributed by atoms with E-state index < -0.39 is 0 Å². The number of hydrogen-bond acceptors (Lipinski definition) is 2. The zero-order chi connectivity index (χ0) is 32.3. The number of furan rings is 1. The lowest BCUT2D eigenvalue weighted by Gasteiger charge is -2.29. The van der Waals surface area contributed by atoms with Crippen molar-refractivity contribution in [2.45, 2.75) is 0 Å². The van der Waals surface area contributed by atoms with Crippen LogP contribution in [0.15, 0.2) is 186 Å². The maximum atomic E-state index is 6.54. The number of rotatable bonds is 5. The van der Waals surface area contributed by atoms with E-state index in [-0.39, 0.29) is 0 Å². The van der Waals surface area contributed by atoms with Gasteiger partial charge in [-0.05, 0) is 54.1 Å². The molecule has 3 nitrogen and oxygen atoms in total. The van der Waals surface area contributed by atoms with Crippen LogP contribution in [0, 0.1) is 0 Å². The summed E-state index contributed by atoms with van der Waals surface area (Å²) in [6.45, 7) is 0. The average Bonchev–Trinajstić information content (AvgIpc) is 3.72. The van der Waals surface area contributed by atoms with Crippen molar-refractivity contribution in [3.05, 3.63) is 182 Å². The van der Waals surface area contributed by atoms with Gasteiger partial charge < -0.3 is 13.9 Å². The van der Waals surface area contributed by atoms with Crippen molar-refractivity contribution in [3.8, 4) is 16.8 Å². The first-order valence-corrected chi connectivity index (χ1v) is 16.7. The molecular weight excluding hydrogens is 597 g/mol. The van der Waals surface area contributed by atoms with Crippen LogP contribution in [0.25, 0.3) is 71.3 Å². The highest BCUT2D eigenvalue weighted by atomic mass is 16.3. The van der Waals surface area contributed by atoms with Crippen LogP contribution in [0.3, 0.4) is 0 Å². The largest absolute Gasteiger partial charge is 0.455 e. The molecule has 0 spiro atoms. The summed E-state index contributed by atoms with van der Waals surface area (Å²) in [5.41, 5.74) is 10.9. The van der Waals surface area contributed by atoms with Crippen molar-refractivity contribution >= 4 is 71.6 Å². The van der Waals surface area contributed by atoms with Crippen LogP contribution in [-0.4, -0.2) is 4.57 Å². The van der Waals surface area contributed by atoms with Crippen LogP contribution >= 0.6 is 0 Å². The van der Waals surface area contributed by atoms with E-state index in [1.54, 1.807) is 0 Å². The smallest absolute Gasteiger partial charge is 0.143 e. The van der Waals surface area contributed by atoms with E-state index in [1.165, 1.54) is 21.9 Å². The molecule has 10 rings (SSSR count). The van der Waals surface area contributed by atoms with Crippen molar-refractivity contribution in [2.75, 3.05) is 4.90 Å². The van der Waals surface area contributed by atoms with E-state index >= 15 is 0 Å². The summed E-state index contributed by atoms with van der Waals surface area (Å²) < 4.78 is 8.93. The van der Waals surface area contributed by atoms with Crippen LogP contribution in [0.5, 0.6) is 0 Å². The number of anilines is 3. The fourth-order valence-electron chi connectivity index (χ4n) is 7.60. The van der Waals surface area contributed by atoms with Crippen LogP contribution in [0.4, 0.5) is 17.1 Å². The topological polar surface area (TPSA) is 21.3 Å². The number of benzene rings is 8. The Morgan fingerprint density at radius 1 is 0.408 bits per heavy atom. The Bertz CT molecular complexity index is 2830. The Morgan fingerprint density at radius 2 is 1.04 bits per heavy atom. The summed E-state index contributed by atoms with van der Waals surface area (Å²) in [5, 5.41) is 6.89. The molecule has 0 aliphatic carbocycles. The molecule has 8 aromatic carbocycles. The predicted molar refractivity (Wildman–Crippen MR) is 206 cm³/mol. The molecule has 10 aromatic rings. The molecule has 0 aliphatic heterocycles. The number of aromatic nitrogens is 1. The van der Waals surface area contributed by atoms with Crippen molar-refractivity contribution in [2.24, 2.45) is 0 Å². The number of para-hydroxylation sites is 4. The molecule has 0 unspecified atom stereocenters. The Labute approximate surface area is 283 Å². The fourth-order valence-corrected chi connectivity index (χ4v) is 7.60. The van der Waals surface area contributed by atoms with E-state index in [9.17, 15) is 0 Å². The zero-order valence-electron chi connectivity index (χ0n) is 26.6. The van der Waals surface area contributed by atoms with Gasteiger partial charge in [0.05, 0.1) is 22.4 Å². The molecule has 0 saturated heterocycles. The Balaban J connectivity index is 1.33. The summed E-state index contributed by atoms with van der Waals surface area (Å²) in [7, 11) is 0. The molecule has 2 heterocycles. The molecule has 0 radical (unpaired) electrons. The molecule has 0 N–H and O–H groups in total. The van der Waals surface area contributed by atoms with E-state index in [0.717, 1.165) is 66.5 Å². The van der Waals surface area contributed by atoms with Crippen LogP contribution in [0.1, 0.15) is 0 Å². The highest BCUT2D eigenvalue weighted by Crippen LogP contribution is 2.48. The van der Waals surface area contributed by atoms with E-state index in [2.05, 4.69) is 185 Å². The molecule has 0 bridgehead atoms. The highest BCUT2D eigenvalue weighted by molar-refractivity contribution is 6.20. The molecule has 3 heteroatoms. The van der Waals surface area contributed by atoms with Gasteiger partial charge in [-0.2, -0.15) is 0 Å². The molecule has 230 valence electrons. The van der Waals surface area contributed by atoms with Crippen LogP contribution in [0.2, 0.25) is 0 Å². The Hall–Kier alpha value is -6.58. The lowest BCUT2D eigenvalue weighted by molar-refractivity contribution is 0.672. The van der Waals surface area contributed by atoms with Gasteiger partial charge in [0, 0.05) is 49.3 Å². The maximum Gasteiger partial charge on any atom is 0.143 e. The molecule has 0 amide bonds. The predicted octanol–water partition coefficient (Wildman–Crippen LogP) is 13.0. The lowest BCUT2D eigenvalue weighted by Crippen LogP contribution is -2.12. The third kappa shape index (κ3) is 4.29. The van der Waals surface area contributed by atoms with Gasteiger partial charge in [0.15, 0.2) is 0 Å². The first-order valence-electron chi connectivity index (χ1n) is 16.7. The van der Waals surface area contributed by atoms with Crippen molar-refractivity contribution in [1.82, 2.24) is 4.57 Å². The molecule has 2 aromatic heterocycles. The van der Waals surface area contributed by atoms with E-state index in [1.807, 2.05) is 6.07 Å². The number of fused-ring (bicyclic) bond motifs is 8. The first kappa shape index (κ1) is 27.5. The Kier molecular flexibility index (Phi) is 6.18. The lowest BCUT2D eigenvalue weighted by atomic mass is 9.99. The van der Waals surface area contributed by atoms with E-state index in [0.29, 0.717) is 0 Å². The van der Waals surface area contributed by atoms with Gasteiger partial charge in [-0.1, -0.05) is 133 Å². The average molecular weight is 627 g/mol. The van der Waals surface area contributed by atoms with E-state index in [4.69, 9.17) is 4.42 Å². The molecular formula is C46H30N2O. The normalized spacial score (nSPS) is 11.7. The van der Waals surface area contributed by atoms with Gasteiger partial charge in [0.2, 0.25) is 0 Å². The molecule has 49 heavy (non-hydrogen) atoms. The van der Waals surface area contributed by atoms with Gasteiger partial charge >= 0.3 is 0 Å². The third-order valence-corrected chi connectivity index (χ3v) is 9.76. The number of hydrogen-bond donors (Lipinski definition) is 0. The summed E-state index contributed by atoms with van der Waals surface area (Å²) in [4.78, 5) is 2.44. The minimum absolute atomic E-state index is 0.893. The van der Waals surface area contributed by atoms with Gasteiger partial charge in [-0.15, -0.1) is 0 Å². The van der Waals surface area contributed by atoms with Crippen LogP contribution < -0.4 is 4.90 Å². The van der Waals surface area contributed by atoms with Gasteiger partial charge in [-0.25, -0.2) is 0 Å².